The van der Waals surface area contributed by atoms with Crippen molar-refractivity contribution in [1.29, 1.82) is 0 Å². The molecule has 0 fully saturated rings. The number of hydrogen-bond donors (Lipinski definition) is 3. The van der Waals surface area contributed by atoms with Gasteiger partial charge in [0, 0.05) is 6.54 Å². The van der Waals surface area contributed by atoms with Crippen molar-refractivity contribution >= 4 is 34.8 Å². The van der Waals surface area contributed by atoms with E-state index in [1.807, 2.05) is 0 Å². The smallest absolute Gasteiger partial charge is 0.354 e. The fraction of sp³-hybridized carbons (Fsp3) is 0.154. The molecule has 0 spiro atoms. The second-order valence-electron chi connectivity index (χ2n) is 4.27. The average Bonchev–Trinajstić information content (AvgIpc) is 2.53. The third-order valence-corrected chi connectivity index (χ3v) is 3.09. The monoisotopic (exact) mass is 336 g/mol. The Hall–Kier alpha value is -2.94. The lowest BCUT2D eigenvalue weighted by atomic mass is 10.2. The van der Waals surface area contributed by atoms with E-state index in [1.54, 1.807) is 25.1 Å². The zero-order chi connectivity index (χ0) is 16.8. The zero-order valence-corrected chi connectivity index (χ0v) is 12.8. The quantitative estimate of drug-likeness (QED) is 0.546. The second kappa shape index (κ2) is 7.36. The molecule has 23 heavy (non-hydrogen) atoms. The van der Waals surface area contributed by atoms with E-state index < -0.39 is 10.8 Å². The molecule has 0 saturated carbocycles. The number of carbonyl (C=O) groups excluding carboxylic acids is 1. The highest BCUT2D eigenvalue weighted by atomic mass is 35.5. The molecular formula is C13H13ClN6O3. The van der Waals surface area contributed by atoms with Crippen LogP contribution in [0.3, 0.4) is 0 Å². The van der Waals surface area contributed by atoms with Crippen molar-refractivity contribution in [3.8, 4) is 0 Å². The Kier molecular flexibility index (Phi) is 5.26. The van der Waals surface area contributed by atoms with Gasteiger partial charge < -0.3 is 5.32 Å². The number of anilines is 2. The van der Waals surface area contributed by atoms with Crippen LogP contribution in [-0.4, -0.2) is 27.3 Å². The molecular weight excluding hydrogens is 324 g/mol. The summed E-state index contributed by atoms with van der Waals surface area (Å²) in [5, 5.41) is 14.2. The first-order valence-corrected chi connectivity index (χ1v) is 6.96. The van der Waals surface area contributed by atoms with Gasteiger partial charge in [-0.05, 0) is 19.1 Å². The SMILES string of the molecule is CCNc1ncnc(NNC(=O)c2ccccc2Cl)c1[N+](=O)[O-]. The van der Waals surface area contributed by atoms with E-state index in [-0.39, 0.29) is 27.9 Å². The van der Waals surface area contributed by atoms with E-state index in [4.69, 9.17) is 11.6 Å². The van der Waals surface area contributed by atoms with Crippen LogP contribution in [0.5, 0.6) is 0 Å². The van der Waals surface area contributed by atoms with Crippen LogP contribution >= 0.6 is 11.6 Å². The highest BCUT2D eigenvalue weighted by Gasteiger charge is 2.23. The largest absolute Gasteiger partial charge is 0.364 e. The van der Waals surface area contributed by atoms with Crippen LogP contribution in [0.1, 0.15) is 17.3 Å². The van der Waals surface area contributed by atoms with E-state index in [1.165, 1.54) is 6.07 Å². The standard InChI is InChI=1S/C13H13ClN6O3/c1-2-15-11-10(20(22)23)12(17-7-16-11)18-19-13(21)8-5-3-4-6-9(8)14/h3-7H,2H2,1H3,(H,19,21)(H2,15,16,17,18). The molecule has 1 amide bonds. The van der Waals surface area contributed by atoms with Gasteiger partial charge in [-0.15, -0.1) is 0 Å². The lowest BCUT2D eigenvalue weighted by molar-refractivity contribution is -0.383. The molecule has 0 saturated heterocycles. The van der Waals surface area contributed by atoms with Crippen LogP contribution in [0.4, 0.5) is 17.3 Å². The maximum atomic E-state index is 12.0. The van der Waals surface area contributed by atoms with Crippen LogP contribution in [0.15, 0.2) is 30.6 Å². The molecule has 0 aliphatic rings. The Bertz CT molecular complexity index is 739. The van der Waals surface area contributed by atoms with E-state index in [9.17, 15) is 14.9 Å². The summed E-state index contributed by atoms with van der Waals surface area (Å²) < 4.78 is 0. The number of halogens is 1. The molecule has 2 aromatic rings. The van der Waals surface area contributed by atoms with E-state index >= 15 is 0 Å². The van der Waals surface area contributed by atoms with Crippen LogP contribution in [0.2, 0.25) is 5.02 Å². The lowest BCUT2D eigenvalue weighted by Crippen LogP contribution is -2.30. The second-order valence-corrected chi connectivity index (χ2v) is 4.67. The van der Waals surface area contributed by atoms with Gasteiger partial charge in [0.05, 0.1) is 15.5 Å². The van der Waals surface area contributed by atoms with Crippen LogP contribution in [0, 0.1) is 10.1 Å². The summed E-state index contributed by atoms with van der Waals surface area (Å²) in [6, 6.07) is 6.42. The molecule has 120 valence electrons. The van der Waals surface area contributed by atoms with Gasteiger partial charge >= 0.3 is 5.69 Å². The predicted molar refractivity (Wildman–Crippen MR) is 85.4 cm³/mol. The number of aromatic nitrogens is 2. The van der Waals surface area contributed by atoms with Crippen LogP contribution in [-0.2, 0) is 0 Å². The summed E-state index contributed by atoms with van der Waals surface area (Å²) >= 11 is 5.92. The molecule has 9 nitrogen and oxygen atoms in total. The number of rotatable bonds is 6. The van der Waals surface area contributed by atoms with Gasteiger partial charge in [0.1, 0.15) is 6.33 Å². The Morgan fingerprint density at radius 1 is 1.30 bits per heavy atom. The zero-order valence-electron chi connectivity index (χ0n) is 12.0. The number of carbonyl (C=O) groups is 1. The first-order valence-electron chi connectivity index (χ1n) is 6.58. The molecule has 1 heterocycles. The molecule has 0 radical (unpaired) electrons. The van der Waals surface area contributed by atoms with Gasteiger partial charge in [0.15, 0.2) is 0 Å². The van der Waals surface area contributed by atoms with Crippen LogP contribution < -0.4 is 16.2 Å². The molecule has 0 bridgehead atoms. The van der Waals surface area contributed by atoms with Gasteiger partial charge in [0.2, 0.25) is 11.6 Å². The first-order chi connectivity index (χ1) is 11.0. The average molecular weight is 337 g/mol. The predicted octanol–water partition coefficient (Wildman–Crippen LogP) is 2.23. The first kappa shape index (κ1) is 16.4. The number of nitrogens with zero attached hydrogens (tertiary/aromatic N) is 3. The third kappa shape index (κ3) is 3.83. The lowest BCUT2D eigenvalue weighted by Gasteiger charge is -2.10. The Labute approximate surface area is 136 Å². The normalized spacial score (nSPS) is 10.0. The molecule has 1 aromatic heterocycles. The topological polar surface area (TPSA) is 122 Å². The molecule has 0 atom stereocenters. The Balaban J connectivity index is 2.20. The van der Waals surface area contributed by atoms with Gasteiger partial charge in [-0.3, -0.25) is 25.8 Å². The summed E-state index contributed by atoms with van der Waals surface area (Å²) in [6.45, 7) is 2.22. The van der Waals surface area contributed by atoms with Crippen LogP contribution in [0.25, 0.3) is 0 Å². The Morgan fingerprint density at radius 2 is 2.00 bits per heavy atom. The number of hydrazine groups is 1. The molecule has 1 aromatic carbocycles. The summed E-state index contributed by atoms with van der Waals surface area (Å²) in [4.78, 5) is 30.2. The van der Waals surface area contributed by atoms with Crippen molar-refractivity contribution in [3.63, 3.8) is 0 Å². The number of nitro groups is 1. The van der Waals surface area contributed by atoms with E-state index in [0.717, 1.165) is 6.33 Å². The van der Waals surface area contributed by atoms with E-state index in [0.29, 0.717) is 6.54 Å². The minimum atomic E-state index is -0.637. The number of benzene rings is 1. The van der Waals surface area contributed by atoms with Crippen molar-refractivity contribution in [2.45, 2.75) is 6.92 Å². The summed E-state index contributed by atoms with van der Waals surface area (Å²) in [7, 11) is 0. The van der Waals surface area contributed by atoms with Crippen molar-refractivity contribution in [2.24, 2.45) is 0 Å². The maximum absolute atomic E-state index is 12.0. The highest BCUT2D eigenvalue weighted by molar-refractivity contribution is 6.33. The summed E-state index contributed by atoms with van der Waals surface area (Å²) in [5.41, 5.74) is 4.61. The summed E-state index contributed by atoms with van der Waals surface area (Å²) in [5.74, 6) is -0.628. The minimum Gasteiger partial charge on any atom is -0.364 e. The minimum absolute atomic E-state index is 0.0574. The van der Waals surface area contributed by atoms with Crippen molar-refractivity contribution < 1.29 is 9.72 Å². The van der Waals surface area contributed by atoms with E-state index in [2.05, 4.69) is 26.1 Å². The molecule has 10 heteroatoms. The molecule has 2 rings (SSSR count). The van der Waals surface area contributed by atoms with Gasteiger partial charge in [-0.1, -0.05) is 23.7 Å². The maximum Gasteiger partial charge on any atom is 0.354 e. The number of hydrogen-bond acceptors (Lipinski definition) is 7. The highest BCUT2D eigenvalue weighted by Crippen LogP contribution is 2.28. The number of nitrogens with one attached hydrogen (secondary N) is 3. The molecule has 3 N–H and O–H groups in total. The van der Waals surface area contributed by atoms with Crippen molar-refractivity contribution in [3.05, 3.63) is 51.3 Å². The van der Waals surface area contributed by atoms with Crippen molar-refractivity contribution in [1.82, 2.24) is 15.4 Å². The van der Waals surface area contributed by atoms with Crippen molar-refractivity contribution in [2.75, 3.05) is 17.3 Å². The summed E-state index contributed by atoms with van der Waals surface area (Å²) in [6.07, 6.45) is 1.15. The molecule has 0 aliphatic heterocycles. The Morgan fingerprint density at radius 3 is 2.65 bits per heavy atom. The fourth-order valence-corrected chi connectivity index (χ4v) is 1.99. The van der Waals surface area contributed by atoms with Gasteiger partial charge in [0.25, 0.3) is 5.91 Å². The molecule has 0 unspecified atom stereocenters. The van der Waals surface area contributed by atoms with Gasteiger partial charge in [-0.25, -0.2) is 9.97 Å². The third-order valence-electron chi connectivity index (χ3n) is 2.76. The number of amides is 1. The fourth-order valence-electron chi connectivity index (χ4n) is 1.77. The van der Waals surface area contributed by atoms with Gasteiger partial charge in [-0.2, -0.15) is 0 Å². The molecule has 0 aliphatic carbocycles.